The van der Waals surface area contributed by atoms with Gasteiger partial charge in [-0.3, -0.25) is 0 Å². The van der Waals surface area contributed by atoms with Crippen LogP contribution in [-0.2, 0) is 4.18 Å². The van der Waals surface area contributed by atoms with E-state index in [1.807, 2.05) is 0 Å². The molecule has 0 atom stereocenters. The van der Waals surface area contributed by atoms with Crippen LogP contribution in [0, 0.1) is 5.92 Å². The molecule has 100 valence electrons. The van der Waals surface area contributed by atoms with Crippen LogP contribution in [0.2, 0.25) is 0 Å². The second-order valence-electron chi connectivity index (χ2n) is 5.59. The first-order valence-electron chi connectivity index (χ1n) is 6.71. The van der Waals surface area contributed by atoms with Gasteiger partial charge < -0.3 is 9.50 Å². The topological polar surface area (TPSA) is 21.3 Å². The molecule has 0 aromatic carbocycles. The Hall–Kier alpha value is 0.01000. The molecule has 1 rings (SSSR count). The van der Waals surface area contributed by atoms with E-state index in [1.54, 1.807) is 17.6 Å². The van der Waals surface area contributed by atoms with Crippen molar-refractivity contribution < 1.29 is 4.18 Å². The Bertz CT molecular complexity index is 241. The van der Waals surface area contributed by atoms with Gasteiger partial charge in [-0.15, -0.1) is 0 Å². The van der Waals surface area contributed by atoms with E-state index in [0.717, 1.165) is 18.8 Å². The van der Waals surface area contributed by atoms with Gasteiger partial charge in [0.05, 0.1) is 5.60 Å². The summed E-state index contributed by atoms with van der Waals surface area (Å²) in [4.78, 5) is 0. The maximum atomic E-state index is 5.85. The molecule has 1 aliphatic rings. The molecule has 1 N–H and O–H groups in total. The van der Waals surface area contributed by atoms with Crippen LogP contribution in [0.5, 0.6) is 0 Å². The molecule has 0 aromatic rings. The summed E-state index contributed by atoms with van der Waals surface area (Å²) in [7, 11) is 0. The highest BCUT2D eigenvalue weighted by atomic mass is 32.2. The van der Waals surface area contributed by atoms with E-state index in [2.05, 4.69) is 39.1 Å². The van der Waals surface area contributed by atoms with Gasteiger partial charge in [0.15, 0.2) is 0 Å². The lowest BCUT2D eigenvalue weighted by Crippen LogP contribution is -2.28. The van der Waals surface area contributed by atoms with Gasteiger partial charge >= 0.3 is 0 Å². The summed E-state index contributed by atoms with van der Waals surface area (Å²) in [5.41, 5.74) is 1.57. The Morgan fingerprint density at radius 3 is 2.82 bits per heavy atom. The first kappa shape index (κ1) is 15.1. The minimum atomic E-state index is -0.0154. The zero-order valence-corrected chi connectivity index (χ0v) is 12.5. The van der Waals surface area contributed by atoms with Crippen LogP contribution in [-0.4, -0.2) is 24.4 Å². The molecule has 1 aliphatic heterocycles. The molecule has 2 nitrogen and oxygen atoms in total. The minimum absolute atomic E-state index is 0.0154. The molecule has 1 saturated heterocycles. The van der Waals surface area contributed by atoms with Crippen molar-refractivity contribution in [2.75, 3.05) is 18.8 Å². The third-order valence-corrected chi connectivity index (χ3v) is 4.51. The number of unbranched alkanes of at least 4 members (excludes halogenated alkanes) is 1. The van der Waals surface area contributed by atoms with Crippen molar-refractivity contribution in [3.8, 4) is 0 Å². The largest absolute Gasteiger partial charge is 0.313 e. The Morgan fingerprint density at radius 1 is 1.47 bits per heavy atom. The average molecular weight is 257 g/mol. The summed E-state index contributed by atoms with van der Waals surface area (Å²) >= 11 is 1.63. The molecular weight excluding hydrogens is 230 g/mol. The molecule has 0 aliphatic carbocycles. The standard InChI is InChI=1S/C14H27NOS/c1-12(2)14(3,4)16-17-10-6-5-7-13-8-9-15-11-13/h7,12,15H,5-6,8-11H2,1-4H3/b13-7-. The van der Waals surface area contributed by atoms with Crippen molar-refractivity contribution in [3.63, 3.8) is 0 Å². The van der Waals surface area contributed by atoms with Crippen LogP contribution in [0.1, 0.15) is 47.0 Å². The zero-order chi connectivity index (χ0) is 12.7. The predicted octanol–water partition coefficient (Wildman–Crippen LogP) is 3.79. The Balaban J connectivity index is 2.03. The van der Waals surface area contributed by atoms with E-state index in [0.29, 0.717) is 5.92 Å². The molecule has 0 amide bonds. The number of hydrogen-bond donors (Lipinski definition) is 1. The maximum absolute atomic E-state index is 5.85. The van der Waals surface area contributed by atoms with E-state index < -0.39 is 0 Å². The minimum Gasteiger partial charge on any atom is -0.313 e. The molecule has 0 bridgehead atoms. The van der Waals surface area contributed by atoms with E-state index in [9.17, 15) is 0 Å². The third-order valence-electron chi connectivity index (χ3n) is 3.50. The van der Waals surface area contributed by atoms with Crippen LogP contribution in [0.25, 0.3) is 0 Å². The summed E-state index contributed by atoms with van der Waals surface area (Å²) in [6.45, 7) is 11.0. The molecule has 0 saturated carbocycles. The highest BCUT2D eigenvalue weighted by Gasteiger charge is 2.23. The maximum Gasteiger partial charge on any atom is 0.0795 e. The van der Waals surface area contributed by atoms with E-state index in [4.69, 9.17) is 4.18 Å². The van der Waals surface area contributed by atoms with Crippen LogP contribution < -0.4 is 5.32 Å². The van der Waals surface area contributed by atoms with Crippen LogP contribution in [0.4, 0.5) is 0 Å². The third kappa shape index (κ3) is 5.94. The van der Waals surface area contributed by atoms with Gasteiger partial charge in [0.25, 0.3) is 0 Å². The monoisotopic (exact) mass is 257 g/mol. The SMILES string of the molecule is CC(C)C(C)(C)OSCCC/C=C1/CCNC1. The first-order valence-corrected chi connectivity index (χ1v) is 7.62. The second kappa shape index (κ2) is 7.45. The van der Waals surface area contributed by atoms with Crippen molar-refractivity contribution in [1.29, 1.82) is 0 Å². The van der Waals surface area contributed by atoms with E-state index in [1.165, 1.54) is 19.3 Å². The molecular formula is C14H27NOS. The smallest absolute Gasteiger partial charge is 0.0795 e. The fraction of sp³-hybridized carbons (Fsp3) is 0.857. The highest BCUT2D eigenvalue weighted by Crippen LogP contribution is 2.26. The van der Waals surface area contributed by atoms with Gasteiger partial charge in [-0.05, 0) is 57.6 Å². The number of rotatable bonds is 7. The molecule has 0 aromatic heterocycles. The average Bonchev–Trinajstić information content (AvgIpc) is 2.75. The number of allylic oxidation sites excluding steroid dienone is 1. The fourth-order valence-electron chi connectivity index (χ4n) is 1.50. The van der Waals surface area contributed by atoms with E-state index in [-0.39, 0.29) is 5.60 Å². The lowest BCUT2D eigenvalue weighted by Gasteiger charge is -2.28. The van der Waals surface area contributed by atoms with Crippen molar-refractivity contribution in [2.24, 2.45) is 5.92 Å². The van der Waals surface area contributed by atoms with Crippen LogP contribution in [0.15, 0.2) is 11.6 Å². The number of nitrogens with one attached hydrogen (secondary N) is 1. The molecule has 3 heteroatoms. The Labute approximate surface area is 111 Å². The lowest BCUT2D eigenvalue weighted by molar-refractivity contribution is 0.0850. The quantitative estimate of drug-likeness (QED) is 0.426. The second-order valence-corrected chi connectivity index (χ2v) is 6.41. The Morgan fingerprint density at radius 2 is 2.24 bits per heavy atom. The highest BCUT2D eigenvalue weighted by molar-refractivity contribution is 7.94. The van der Waals surface area contributed by atoms with Gasteiger partial charge in [-0.25, -0.2) is 0 Å². The molecule has 0 spiro atoms. The summed E-state index contributed by atoms with van der Waals surface area (Å²) in [5.74, 6) is 1.65. The van der Waals surface area contributed by atoms with Gasteiger partial charge in [0.1, 0.15) is 0 Å². The molecule has 0 radical (unpaired) electrons. The van der Waals surface area contributed by atoms with E-state index >= 15 is 0 Å². The van der Waals surface area contributed by atoms with Crippen molar-refractivity contribution in [2.45, 2.75) is 52.6 Å². The van der Waals surface area contributed by atoms with Crippen molar-refractivity contribution in [1.82, 2.24) is 5.32 Å². The molecule has 1 heterocycles. The van der Waals surface area contributed by atoms with Crippen LogP contribution >= 0.6 is 12.0 Å². The normalized spacial score (nSPS) is 19.5. The first-order chi connectivity index (χ1) is 8.02. The molecule has 0 unspecified atom stereocenters. The van der Waals surface area contributed by atoms with Gasteiger partial charge in [-0.1, -0.05) is 25.5 Å². The lowest BCUT2D eigenvalue weighted by atomic mass is 9.95. The van der Waals surface area contributed by atoms with Gasteiger partial charge in [0.2, 0.25) is 0 Å². The Kier molecular flexibility index (Phi) is 6.60. The van der Waals surface area contributed by atoms with Gasteiger partial charge in [-0.2, -0.15) is 0 Å². The zero-order valence-electron chi connectivity index (χ0n) is 11.7. The predicted molar refractivity (Wildman–Crippen MR) is 77.3 cm³/mol. The molecule has 1 fully saturated rings. The summed E-state index contributed by atoms with van der Waals surface area (Å²) in [6, 6.07) is 0. The number of hydrogen-bond acceptors (Lipinski definition) is 3. The van der Waals surface area contributed by atoms with Gasteiger partial charge in [0, 0.05) is 12.3 Å². The van der Waals surface area contributed by atoms with Crippen molar-refractivity contribution in [3.05, 3.63) is 11.6 Å². The summed E-state index contributed by atoms with van der Waals surface area (Å²) in [6.07, 6.45) is 6.04. The van der Waals surface area contributed by atoms with Crippen molar-refractivity contribution >= 4 is 12.0 Å². The van der Waals surface area contributed by atoms with Crippen LogP contribution in [0.3, 0.4) is 0 Å². The fourth-order valence-corrected chi connectivity index (χ4v) is 2.36. The summed E-state index contributed by atoms with van der Waals surface area (Å²) < 4.78 is 5.85. The summed E-state index contributed by atoms with van der Waals surface area (Å²) in [5, 5.41) is 3.36. The molecule has 17 heavy (non-hydrogen) atoms.